The highest BCUT2D eigenvalue weighted by atomic mass is 79.9. The molecule has 1 rings (SSSR count). The van der Waals surface area contributed by atoms with Crippen LogP contribution in [-0.2, 0) is 6.42 Å². The van der Waals surface area contributed by atoms with Crippen LogP contribution < -0.4 is 5.73 Å². The highest BCUT2D eigenvalue weighted by Crippen LogP contribution is 2.28. The molecule has 1 aromatic rings. The van der Waals surface area contributed by atoms with Crippen molar-refractivity contribution in [2.75, 3.05) is 0 Å². The lowest BCUT2D eigenvalue weighted by atomic mass is 9.83. The molecule has 0 saturated heterocycles. The summed E-state index contributed by atoms with van der Waals surface area (Å²) in [5, 5.41) is 10.9. The Kier molecular flexibility index (Phi) is 4.27. The Balaban J connectivity index is 3.03. The van der Waals surface area contributed by atoms with Gasteiger partial charge in [0.25, 0.3) is 5.69 Å². The summed E-state index contributed by atoms with van der Waals surface area (Å²) in [5.41, 5.74) is 6.79. The van der Waals surface area contributed by atoms with E-state index in [1.807, 2.05) is 20.8 Å². The second-order valence-electron chi connectivity index (χ2n) is 5.21. The van der Waals surface area contributed by atoms with Crippen LogP contribution in [0.2, 0.25) is 0 Å². The number of hydrogen-bond donors (Lipinski definition) is 1. The van der Waals surface area contributed by atoms with E-state index >= 15 is 0 Å². The van der Waals surface area contributed by atoms with Crippen LogP contribution in [0.3, 0.4) is 0 Å². The SMILES string of the molecule is CC(C)(C)C(N)Cc1ccc(Br)cc1[N+](=O)[O-]. The van der Waals surface area contributed by atoms with Crippen molar-refractivity contribution in [1.29, 1.82) is 0 Å². The standard InChI is InChI=1S/C12H17BrN2O2/c1-12(2,3)11(14)6-8-4-5-9(13)7-10(8)15(16)17/h4-5,7,11H,6,14H2,1-3H3. The van der Waals surface area contributed by atoms with Crippen molar-refractivity contribution in [2.24, 2.45) is 11.1 Å². The summed E-state index contributed by atoms with van der Waals surface area (Å²) in [6.45, 7) is 6.09. The lowest BCUT2D eigenvalue weighted by molar-refractivity contribution is -0.385. The maximum absolute atomic E-state index is 10.9. The van der Waals surface area contributed by atoms with Crippen molar-refractivity contribution in [1.82, 2.24) is 0 Å². The minimum Gasteiger partial charge on any atom is -0.327 e. The molecule has 0 spiro atoms. The number of halogens is 1. The highest BCUT2D eigenvalue weighted by Gasteiger charge is 2.24. The van der Waals surface area contributed by atoms with E-state index in [1.54, 1.807) is 12.1 Å². The van der Waals surface area contributed by atoms with Crippen molar-refractivity contribution < 1.29 is 4.92 Å². The number of nitrogens with zero attached hydrogens (tertiary/aromatic N) is 1. The number of nitro groups is 1. The Labute approximate surface area is 109 Å². The number of nitro benzene ring substituents is 1. The van der Waals surface area contributed by atoms with Crippen LogP contribution in [0, 0.1) is 15.5 Å². The quantitative estimate of drug-likeness (QED) is 0.688. The molecular formula is C12H17BrN2O2. The molecule has 0 fully saturated rings. The highest BCUT2D eigenvalue weighted by molar-refractivity contribution is 9.10. The summed E-state index contributed by atoms with van der Waals surface area (Å²) < 4.78 is 0.706. The second-order valence-corrected chi connectivity index (χ2v) is 6.12. The van der Waals surface area contributed by atoms with Crippen LogP contribution >= 0.6 is 15.9 Å². The van der Waals surface area contributed by atoms with E-state index < -0.39 is 0 Å². The average molecular weight is 301 g/mol. The molecule has 1 aromatic carbocycles. The summed E-state index contributed by atoms with van der Waals surface area (Å²) in [4.78, 5) is 10.6. The van der Waals surface area contributed by atoms with Gasteiger partial charge in [-0.1, -0.05) is 42.8 Å². The van der Waals surface area contributed by atoms with Crippen LogP contribution in [0.4, 0.5) is 5.69 Å². The van der Waals surface area contributed by atoms with Crippen LogP contribution in [0.15, 0.2) is 22.7 Å². The molecule has 94 valence electrons. The average Bonchev–Trinajstić information content (AvgIpc) is 2.18. The second kappa shape index (κ2) is 5.14. The largest absolute Gasteiger partial charge is 0.327 e. The van der Waals surface area contributed by atoms with Crippen molar-refractivity contribution in [3.05, 3.63) is 38.3 Å². The zero-order valence-corrected chi connectivity index (χ0v) is 11.8. The molecule has 0 aliphatic carbocycles. The third-order valence-corrected chi connectivity index (χ3v) is 3.29. The van der Waals surface area contributed by atoms with E-state index in [4.69, 9.17) is 5.73 Å². The number of hydrogen-bond acceptors (Lipinski definition) is 3. The zero-order chi connectivity index (χ0) is 13.2. The van der Waals surface area contributed by atoms with Gasteiger partial charge < -0.3 is 5.73 Å². The Hall–Kier alpha value is -0.940. The zero-order valence-electron chi connectivity index (χ0n) is 10.2. The monoisotopic (exact) mass is 300 g/mol. The number of benzene rings is 1. The molecule has 1 atom stereocenters. The Bertz CT molecular complexity index is 427. The molecule has 17 heavy (non-hydrogen) atoms. The minimum absolute atomic E-state index is 0.0685. The van der Waals surface area contributed by atoms with Gasteiger partial charge in [-0.05, 0) is 17.9 Å². The maximum atomic E-state index is 10.9. The molecule has 0 aliphatic rings. The maximum Gasteiger partial charge on any atom is 0.273 e. The lowest BCUT2D eigenvalue weighted by Gasteiger charge is -2.26. The van der Waals surface area contributed by atoms with Gasteiger partial charge in [-0.15, -0.1) is 0 Å². The normalized spacial score (nSPS) is 13.5. The topological polar surface area (TPSA) is 69.2 Å². The molecular weight excluding hydrogens is 284 g/mol. The summed E-state index contributed by atoms with van der Waals surface area (Å²) in [6, 6.07) is 4.97. The molecule has 0 aromatic heterocycles. The number of rotatable bonds is 3. The van der Waals surface area contributed by atoms with Crippen molar-refractivity contribution in [3.63, 3.8) is 0 Å². The first-order valence-electron chi connectivity index (χ1n) is 5.40. The van der Waals surface area contributed by atoms with E-state index in [9.17, 15) is 10.1 Å². The molecule has 0 bridgehead atoms. The molecule has 0 radical (unpaired) electrons. The van der Waals surface area contributed by atoms with E-state index in [2.05, 4.69) is 15.9 Å². The van der Waals surface area contributed by atoms with Gasteiger partial charge >= 0.3 is 0 Å². The molecule has 0 heterocycles. The fourth-order valence-electron chi connectivity index (χ4n) is 1.42. The molecule has 5 heteroatoms. The van der Waals surface area contributed by atoms with E-state index in [0.717, 1.165) is 0 Å². The van der Waals surface area contributed by atoms with Gasteiger partial charge in [-0.25, -0.2) is 0 Å². The van der Waals surface area contributed by atoms with Gasteiger partial charge in [0.05, 0.1) is 4.92 Å². The van der Waals surface area contributed by atoms with Crippen molar-refractivity contribution in [2.45, 2.75) is 33.2 Å². The van der Waals surface area contributed by atoms with E-state index in [1.165, 1.54) is 6.07 Å². The summed E-state index contributed by atoms with van der Waals surface area (Å²) >= 11 is 3.23. The van der Waals surface area contributed by atoms with Gasteiger partial charge in [0, 0.05) is 22.1 Å². The molecule has 1 unspecified atom stereocenters. The smallest absolute Gasteiger partial charge is 0.273 e. The van der Waals surface area contributed by atoms with Crippen LogP contribution in [-0.4, -0.2) is 11.0 Å². The fraction of sp³-hybridized carbons (Fsp3) is 0.500. The molecule has 0 saturated carbocycles. The molecule has 0 aliphatic heterocycles. The summed E-state index contributed by atoms with van der Waals surface area (Å²) in [5.74, 6) is 0. The van der Waals surface area contributed by atoms with Crippen LogP contribution in [0.1, 0.15) is 26.3 Å². The first kappa shape index (κ1) is 14.1. The predicted molar refractivity (Wildman–Crippen MR) is 71.9 cm³/mol. The predicted octanol–water partition coefficient (Wildman–Crippen LogP) is 3.27. The first-order chi connectivity index (χ1) is 7.71. The van der Waals surface area contributed by atoms with Gasteiger partial charge in [-0.2, -0.15) is 0 Å². The van der Waals surface area contributed by atoms with Crippen LogP contribution in [0.25, 0.3) is 0 Å². The summed E-state index contributed by atoms with van der Waals surface area (Å²) in [7, 11) is 0. The van der Waals surface area contributed by atoms with Gasteiger partial charge in [0.1, 0.15) is 0 Å². The fourth-order valence-corrected chi connectivity index (χ4v) is 1.77. The Morgan fingerprint density at radius 1 is 1.47 bits per heavy atom. The molecule has 4 nitrogen and oxygen atoms in total. The lowest BCUT2D eigenvalue weighted by Crippen LogP contribution is -2.37. The Morgan fingerprint density at radius 2 is 2.06 bits per heavy atom. The van der Waals surface area contributed by atoms with Crippen LogP contribution in [0.5, 0.6) is 0 Å². The minimum atomic E-state index is -0.366. The first-order valence-corrected chi connectivity index (χ1v) is 6.19. The van der Waals surface area contributed by atoms with E-state index in [-0.39, 0.29) is 22.1 Å². The third kappa shape index (κ3) is 3.78. The van der Waals surface area contributed by atoms with Crippen molar-refractivity contribution in [3.8, 4) is 0 Å². The van der Waals surface area contributed by atoms with Gasteiger partial charge in [0.2, 0.25) is 0 Å². The Morgan fingerprint density at radius 3 is 2.53 bits per heavy atom. The number of nitrogens with two attached hydrogens (primary N) is 1. The van der Waals surface area contributed by atoms with E-state index in [0.29, 0.717) is 16.5 Å². The summed E-state index contributed by atoms with van der Waals surface area (Å²) in [6.07, 6.45) is 0.507. The van der Waals surface area contributed by atoms with Gasteiger partial charge in [-0.3, -0.25) is 10.1 Å². The van der Waals surface area contributed by atoms with Gasteiger partial charge in [0.15, 0.2) is 0 Å². The molecule has 0 amide bonds. The van der Waals surface area contributed by atoms with Crippen molar-refractivity contribution >= 4 is 21.6 Å². The third-order valence-electron chi connectivity index (χ3n) is 2.80. The molecule has 2 N–H and O–H groups in total.